The molecule has 0 fully saturated rings. The highest BCUT2D eigenvalue weighted by atomic mass is 79.9. The summed E-state index contributed by atoms with van der Waals surface area (Å²) in [5, 5.41) is 0. The highest BCUT2D eigenvalue weighted by Crippen LogP contribution is 2.36. The van der Waals surface area contributed by atoms with Crippen LogP contribution in [0.4, 0.5) is 4.39 Å². The van der Waals surface area contributed by atoms with Crippen molar-refractivity contribution in [1.82, 2.24) is 9.55 Å². The van der Waals surface area contributed by atoms with Crippen LogP contribution in [0.5, 0.6) is 5.75 Å². The van der Waals surface area contributed by atoms with E-state index in [1.54, 1.807) is 25.4 Å². The van der Waals surface area contributed by atoms with Gasteiger partial charge in [-0.3, -0.25) is 4.98 Å². The Balaban J connectivity index is 2.02. The van der Waals surface area contributed by atoms with E-state index in [0.717, 1.165) is 44.6 Å². The van der Waals surface area contributed by atoms with Crippen LogP contribution >= 0.6 is 15.9 Å². The molecule has 0 spiro atoms. The van der Waals surface area contributed by atoms with E-state index in [2.05, 4.69) is 39.3 Å². The fourth-order valence-electron chi connectivity index (χ4n) is 2.86. The van der Waals surface area contributed by atoms with E-state index in [1.807, 2.05) is 0 Å². The molecule has 0 aliphatic rings. The number of methoxy groups -OCH3 is 1. The fraction of sp³-hybridized carbons (Fsp3) is 0.316. The van der Waals surface area contributed by atoms with Gasteiger partial charge in [-0.25, -0.2) is 4.39 Å². The summed E-state index contributed by atoms with van der Waals surface area (Å²) in [6, 6.07) is 6.32. The topological polar surface area (TPSA) is 36.3 Å². The Morgan fingerprint density at radius 3 is 2.60 bits per heavy atom. The van der Waals surface area contributed by atoms with Gasteiger partial charge in [0.25, 0.3) is 0 Å². The second-order valence-corrected chi connectivity index (χ2v) is 6.76. The predicted octanol–water partition coefficient (Wildman–Crippen LogP) is 4.78. The molecule has 132 valence electrons. The third-order valence-electron chi connectivity index (χ3n) is 4.35. The molecule has 0 saturated carbocycles. The van der Waals surface area contributed by atoms with Gasteiger partial charge in [0, 0.05) is 25.5 Å². The summed E-state index contributed by atoms with van der Waals surface area (Å²) in [5.74, 6) is 0.484. The molecule has 0 unspecified atom stereocenters. The Kier molecular flexibility index (Phi) is 5.39. The lowest BCUT2D eigenvalue weighted by atomic mass is 10.2. The van der Waals surface area contributed by atoms with Gasteiger partial charge in [-0.1, -0.05) is 12.1 Å². The van der Waals surface area contributed by atoms with Crippen LogP contribution in [0, 0.1) is 19.7 Å². The van der Waals surface area contributed by atoms with Crippen LogP contribution in [0.15, 0.2) is 34.9 Å². The molecule has 4 nitrogen and oxygen atoms in total. The van der Waals surface area contributed by atoms with Crippen LogP contribution in [-0.2, 0) is 17.9 Å². The van der Waals surface area contributed by atoms with Gasteiger partial charge in [0.2, 0.25) is 0 Å². The molecule has 2 heterocycles. The number of aryl methyl sites for hydroxylation is 1. The summed E-state index contributed by atoms with van der Waals surface area (Å²) in [6.07, 6.45) is 1.76. The standard InChI is InChI=1S/C19H20BrFN2O2/c1-12-13(2)23(8-9-24-3)18-17(12)22-10-16(20)19(18)25-11-14-4-6-15(21)7-5-14/h4-7,10H,8-9,11H2,1-3H3. The number of hydrogen-bond acceptors (Lipinski definition) is 3. The van der Waals surface area contributed by atoms with Crippen LogP contribution in [0.1, 0.15) is 16.8 Å². The quantitative estimate of drug-likeness (QED) is 0.590. The van der Waals surface area contributed by atoms with Crippen molar-refractivity contribution in [2.75, 3.05) is 13.7 Å². The molecular formula is C19H20BrFN2O2. The maximum Gasteiger partial charge on any atom is 0.161 e. The molecule has 1 aromatic carbocycles. The largest absolute Gasteiger partial charge is 0.485 e. The van der Waals surface area contributed by atoms with E-state index >= 15 is 0 Å². The van der Waals surface area contributed by atoms with Gasteiger partial charge in [0.15, 0.2) is 5.75 Å². The number of pyridine rings is 1. The smallest absolute Gasteiger partial charge is 0.161 e. The molecule has 0 bridgehead atoms. The molecule has 3 rings (SSSR count). The first-order valence-corrected chi connectivity index (χ1v) is 8.82. The van der Waals surface area contributed by atoms with E-state index in [9.17, 15) is 4.39 Å². The fourth-order valence-corrected chi connectivity index (χ4v) is 3.27. The minimum Gasteiger partial charge on any atom is -0.485 e. The van der Waals surface area contributed by atoms with Gasteiger partial charge in [-0.2, -0.15) is 0 Å². The van der Waals surface area contributed by atoms with Gasteiger partial charge >= 0.3 is 0 Å². The van der Waals surface area contributed by atoms with Crippen molar-refractivity contribution >= 4 is 27.0 Å². The molecule has 3 aromatic rings. The summed E-state index contributed by atoms with van der Waals surface area (Å²) in [7, 11) is 1.69. The number of aromatic nitrogens is 2. The zero-order valence-corrected chi connectivity index (χ0v) is 16.1. The monoisotopic (exact) mass is 406 g/mol. The minimum atomic E-state index is -0.254. The van der Waals surface area contributed by atoms with Crippen LogP contribution in [0.2, 0.25) is 0 Å². The van der Waals surface area contributed by atoms with Crippen molar-refractivity contribution in [3.8, 4) is 5.75 Å². The maximum absolute atomic E-state index is 13.1. The third kappa shape index (κ3) is 3.55. The van der Waals surface area contributed by atoms with Crippen molar-refractivity contribution in [3.63, 3.8) is 0 Å². The normalized spacial score (nSPS) is 11.2. The van der Waals surface area contributed by atoms with Gasteiger partial charge < -0.3 is 14.0 Å². The molecule has 0 saturated heterocycles. The summed E-state index contributed by atoms with van der Waals surface area (Å²) < 4.78 is 27.4. The van der Waals surface area contributed by atoms with Gasteiger partial charge in [-0.15, -0.1) is 0 Å². The molecule has 0 radical (unpaired) electrons. The average Bonchev–Trinajstić information content (AvgIpc) is 2.85. The summed E-state index contributed by atoms with van der Waals surface area (Å²) in [4.78, 5) is 4.56. The molecule has 0 aliphatic heterocycles. The van der Waals surface area contributed by atoms with Crippen LogP contribution in [-0.4, -0.2) is 23.3 Å². The van der Waals surface area contributed by atoms with Crippen LogP contribution in [0.25, 0.3) is 11.0 Å². The molecule has 25 heavy (non-hydrogen) atoms. The van der Waals surface area contributed by atoms with Gasteiger partial charge in [0.05, 0.1) is 16.6 Å². The molecule has 0 N–H and O–H groups in total. The van der Waals surface area contributed by atoms with E-state index in [-0.39, 0.29) is 5.82 Å². The Bertz CT molecular complexity index is 891. The zero-order chi connectivity index (χ0) is 18.0. The van der Waals surface area contributed by atoms with Crippen LogP contribution in [0.3, 0.4) is 0 Å². The Morgan fingerprint density at radius 2 is 1.92 bits per heavy atom. The number of nitrogens with zero attached hydrogens (tertiary/aromatic N) is 2. The molecule has 6 heteroatoms. The molecule has 0 amide bonds. The van der Waals surface area contributed by atoms with Crippen molar-refractivity contribution in [3.05, 3.63) is 57.6 Å². The second-order valence-electron chi connectivity index (χ2n) is 5.90. The average molecular weight is 407 g/mol. The third-order valence-corrected chi connectivity index (χ3v) is 4.92. The summed E-state index contributed by atoms with van der Waals surface area (Å²) in [5.41, 5.74) is 5.05. The molecule has 0 atom stereocenters. The summed E-state index contributed by atoms with van der Waals surface area (Å²) >= 11 is 3.55. The van der Waals surface area contributed by atoms with E-state index < -0.39 is 0 Å². The van der Waals surface area contributed by atoms with Crippen molar-refractivity contribution in [1.29, 1.82) is 0 Å². The lowest BCUT2D eigenvalue weighted by molar-refractivity contribution is 0.187. The molecule has 0 aliphatic carbocycles. The number of hydrogen-bond donors (Lipinski definition) is 0. The SMILES string of the molecule is COCCn1c(C)c(C)c2ncc(Br)c(OCc3ccc(F)cc3)c21. The first kappa shape index (κ1) is 17.9. The summed E-state index contributed by atoms with van der Waals surface area (Å²) in [6.45, 7) is 5.81. The lowest BCUT2D eigenvalue weighted by Gasteiger charge is -2.13. The molecular weight excluding hydrogens is 387 g/mol. The highest BCUT2D eigenvalue weighted by Gasteiger charge is 2.19. The van der Waals surface area contributed by atoms with E-state index in [1.165, 1.54) is 12.1 Å². The number of rotatable bonds is 6. The van der Waals surface area contributed by atoms with Crippen molar-refractivity contribution < 1.29 is 13.9 Å². The highest BCUT2D eigenvalue weighted by molar-refractivity contribution is 9.10. The van der Waals surface area contributed by atoms with Gasteiger partial charge in [0.1, 0.15) is 17.9 Å². The first-order chi connectivity index (χ1) is 12.0. The van der Waals surface area contributed by atoms with E-state index in [0.29, 0.717) is 13.2 Å². The Labute approximate surface area is 154 Å². The second kappa shape index (κ2) is 7.54. The first-order valence-electron chi connectivity index (χ1n) is 8.03. The van der Waals surface area contributed by atoms with Gasteiger partial charge in [-0.05, 0) is 53.0 Å². The maximum atomic E-state index is 13.1. The minimum absolute atomic E-state index is 0.254. The van der Waals surface area contributed by atoms with Crippen molar-refractivity contribution in [2.24, 2.45) is 0 Å². The van der Waals surface area contributed by atoms with E-state index in [4.69, 9.17) is 9.47 Å². The Morgan fingerprint density at radius 1 is 1.20 bits per heavy atom. The number of halogens is 2. The predicted molar refractivity (Wildman–Crippen MR) is 99.5 cm³/mol. The number of ether oxygens (including phenoxy) is 2. The zero-order valence-electron chi connectivity index (χ0n) is 14.5. The Hall–Kier alpha value is -1.92. The lowest BCUT2D eigenvalue weighted by Crippen LogP contribution is -2.07. The van der Waals surface area contributed by atoms with Crippen molar-refractivity contribution in [2.45, 2.75) is 27.0 Å². The number of benzene rings is 1. The molecule has 2 aromatic heterocycles. The van der Waals surface area contributed by atoms with Crippen LogP contribution < -0.4 is 4.74 Å². The number of fused-ring (bicyclic) bond motifs is 1.